The fourth-order valence-corrected chi connectivity index (χ4v) is 2.51. The maximum Gasteiger partial charge on any atom is 0.308 e. The number of amides is 2. The molecule has 154 valence electrons. The van der Waals surface area contributed by atoms with Crippen LogP contribution < -0.4 is 10.6 Å². The van der Waals surface area contributed by atoms with Gasteiger partial charge >= 0.3 is 5.97 Å². The lowest BCUT2D eigenvalue weighted by molar-refractivity contribution is -0.154. The maximum atomic E-state index is 13.5. The van der Waals surface area contributed by atoms with E-state index < -0.39 is 35.5 Å². The van der Waals surface area contributed by atoms with Gasteiger partial charge in [-0.1, -0.05) is 30.3 Å². The van der Waals surface area contributed by atoms with Gasteiger partial charge in [0, 0.05) is 12.6 Å². The molecule has 0 aliphatic carbocycles. The predicted octanol–water partition coefficient (Wildman–Crippen LogP) is 2.89. The zero-order valence-corrected chi connectivity index (χ0v) is 16.1. The number of ether oxygens (including phenoxy) is 1. The van der Waals surface area contributed by atoms with Crippen LogP contribution in [0.4, 0.5) is 8.78 Å². The predicted molar refractivity (Wildman–Crippen MR) is 102 cm³/mol. The fourth-order valence-electron chi connectivity index (χ4n) is 2.51. The van der Waals surface area contributed by atoms with Gasteiger partial charge in [0.25, 0.3) is 11.8 Å². The molecule has 0 radical (unpaired) electrons. The third-order valence-corrected chi connectivity index (χ3v) is 4.13. The first-order valence-corrected chi connectivity index (χ1v) is 9.06. The zero-order valence-electron chi connectivity index (χ0n) is 16.1. The van der Waals surface area contributed by atoms with Crippen LogP contribution >= 0.6 is 0 Å². The molecule has 29 heavy (non-hydrogen) atoms. The van der Waals surface area contributed by atoms with Crippen LogP contribution in [-0.2, 0) is 14.3 Å². The molecule has 6 nitrogen and oxygen atoms in total. The summed E-state index contributed by atoms with van der Waals surface area (Å²) in [7, 11) is 0. The first-order chi connectivity index (χ1) is 13.8. The number of nitrogens with one attached hydrogen (secondary N) is 2. The van der Waals surface area contributed by atoms with Crippen molar-refractivity contribution in [3.63, 3.8) is 0 Å². The average molecular weight is 404 g/mol. The summed E-state index contributed by atoms with van der Waals surface area (Å²) in [5.41, 5.74) is 0.581. The van der Waals surface area contributed by atoms with Gasteiger partial charge in [0.2, 0.25) is 0 Å². The van der Waals surface area contributed by atoms with Crippen molar-refractivity contribution < 1.29 is 27.9 Å². The lowest BCUT2D eigenvalue weighted by Gasteiger charge is -2.18. The van der Waals surface area contributed by atoms with Gasteiger partial charge in [-0.15, -0.1) is 0 Å². The molecular weight excluding hydrogens is 382 g/mol. The maximum absolute atomic E-state index is 13.5. The summed E-state index contributed by atoms with van der Waals surface area (Å²) in [5.74, 6) is -3.72. The van der Waals surface area contributed by atoms with Gasteiger partial charge in [-0.05, 0) is 31.5 Å². The molecule has 0 heterocycles. The van der Waals surface area contributed by atoms with E-state index in [0.29, 0.717) is 6.07 Å². The van der Waals surface area contributed by atoms with Crippen LogP contribution in [-0.4, -0.2) is 30.4 Å². The fraction of sp³-hybridized carbons (Fsp3) is 0.286. The Balaban J connectivity index is 1.75. The lowest BCUT2D eigenvalue weighted by Crippen LogP contribution is -2.37. The van der Waals surface area contributed by atoms with Crippen LogP contribution in [0.15, 0.2) is 48.5 Å². The summed E-state index contributed by atoms with van der Waals surface area (Å²) < 4.78 is 31.5. The Hall–Kier alpha value is -3.29. The second-order valence-electron chi connectivity index (χ2n) is 6.40. The number of carbonyl (C=O) groups excluding carboxylic acids is 3. The smallest absolute Gasteiger partial charge is 0.308 e. The summed E-state index contributed by atoms with van der Waals surface area (Å²) in [6, 6.07) is 11.6. The Kier molecular flexibility index (Phi) is 7.82. The number of esters is 1. The van der Waals surface area contributed by atoms with Gasteiger partial charge in [-0.25, -0.2) is 8.78 Å². The highest BCUT2D eigenvalue weighted by atomic mass is 19.1. The minimum atomic E-state index is -1.01. The largest absolute Gasteiger partial charge is 0.452 e. The first kappa shape index (κ1) is 22.0. The van der Waals surface area contributed by atoms with Crippen molar-refractivity contribution in [1.82, 2.24) is 10.6 Å². The van der Waals surface area contributed by atoms with Gasteiger partial charge in [-0.2, -0.15) is 0 Å². The van der Waals surface area contributed by atoms with Crippen LogP contribution in [0.2, 0.25) is 0 Å². The van der Waals surface area contributed by atoms with E-state index in [1.54, 1.807) is 0 Å². The summed E-state index contributed by atoms with van der Waals surface area (Å²) in [5, 5.41) is 5.09. The van der Waals surface area contributed by atoms with Gasteiger partial charge in [0.1, 0.15) is 11.6 Å². The van der Waals surface area contributed by atoms with E-state index in [9.17, 15) is 23.2 Å². The molecule has 0 aromatic heterocycles. The second-order valence-corrected chi connectivity index (χ2v) is 6.40. The molecule has 0 fully saturated rings. The van der Waals surface area contributed by atoms with Gasteiger partial charge < -0.3 is 15.4 Å². The number of rotatable bonds is 8. The quantitative estimate of drug-likeness (QED) is 0.663. The van der Waals surface area contributed by atoms with Gasteiger partial charge in [-0.3, -0.25) is 14.4 Å². The Morgan fingerprint density at radius 1 is 1.03 bits per heavy atom. The second kappa shape index (κ2) is 10.3. The molecule has 0 saturated carbocycles. The molecule has 2 rings (SSSR count). The van der Waals surface area contributed by atoms with Crippen molar-refractivity contribution in [2.75, 3.05) is 6.54 Å². The van der Waals surface area contributed by atoms with E-state index >= 15 is 0 Å². The van der Waals surface area contributed by atoms with Crippen LogP contribution in [0.3, 0.4) is 0 Å². The summed E-state index contributed by atoms with van der Waals surface area (Å²) in [4.78, 5) is 35.9. The molecule has 0 saturated heterocycles. The average Bonchev–Trinajstić information content (AvgIpc) is 2.68. The third-order valence-electron chi connectivity index (χ3n) is 4.13. The molecule has 2 atom stereocenters. The Bertz CT molecular complexity index is 874. The molecule has 2 unspecified atom stereocenters. The van der Waals surface area contributed by atoms with E-state index in [0.717, 1.165) is 17.7 Å². The molecule has 2 N–H and O–H groups in total. The Morgan fingerprint density at radius 2 is 1.72 bits per heavy atom. The molecule has 8 heteroatoms. The van der Waals surface area contributed by atoms with Crippen molar-refractivity contribution in [1.29, 1.82) is 0 Å². The van der Waals surface area contributed by atoms with E-state index in [1.807, 2.05) is 37.3 Å². The summed E-state index contributed by atoms with van der Waals surface area (Å²) >= 11 is 0. The molecule has 2 aromatic rings. The van der Waals surface area contributed by atoms with Crippen LogP contribution in [0.25, 0.3) is 0 Å². The van der Waals surface area contributed by atoms with Crippen LogP contribution in [0.1, 0.15) is 42.2 Å². The molecule has 2 amide bonds. The number of halogens is 2. The molecule has 0 aliphatic rings. The van der Waals surface area contributed by atoms with Crippen LogP contribution in [0.5, 0.6) is 0 Å². The van der Waals surface area contributed by atoms with E-state index in [1.165, 1.54) is 6.92 Å². The summed E-state index contributed by atoms with van der Waals surface area (Å²) in [6.45, 7) is 3.13. The van der Waals surface area contributed by atoms with Crippen molar-refractivity contribution >= 4 is 17.8 Å². The number of benzene rings is 2. The highest BCUT2D eigenvalue weighted by Gasteiger charge is 2.20. The Labute approximate surface area is 167 Å². The summed E-state index contributed by atoms with van der Waals surface area (Å²) in [6.07, 6.45) is -1.22. The first-order valence-electron chi connectivity index (χ1n) is 9.06. The van der Waals surface area contributed by atoms with E-state index in [-0.39, 0.29) is 24.6 Å². The molecule has 0 aliphatic heterocycles. The van der Waals surface area contributed by atoms with Crippen molar-refractivity contribution in [2.24, 2.45) is 0 Å². The standard InChI is InChI=1S/C21H22F2N2O4/c1-13(15-6-4-3-5-7-15)25-20(27)14(2)29-19(26)10-11-24-21(28)17-9-8-16(22)12-18(17)23/h3-9,12-14H,10-11H2,1-2H3,(H,24,28)(H,25,27). The number of carbonyl (C=O) groups is 3. The topological polar surface area (TPSA) is 84.5 Å². The molecular formula is C21H22F2N2O4. The minimum Gasteiger partial charge on any atom is -0.452 e. The van der Waals surface area contributed by atoms with Crippen molar-refractivity contribution in [3.05, 3.63) is 71.3 Å². The highest BCUT2D eigenvalue weighted by Crippen LogP contribution is 2.12. The monoisotopic (exact) mass is 404 g/mol. The minimum absolute atomic E-state index is 0.122. The highest BCUT2D eigenvalue weighted by molar-refractivity contribution is 5.94. The number of hydrogen-bond donors (Lipinski definition) is 2. The molecule has 0 spiro atoms. The van der Waals surface area contributed by atoms with Gasteiger partial charge in [0.05, 0.1) is 18.0 Å². The van der Waals surface area contributed by atoms with E-state index in [2.05, 4.69) is 10.6 Å². The van der Waals surface area contributed by atoms with Gasteiger partial charge in [0.15, 0.2) is 6.10 Å². The third kappa shape index (κ3) is 6.67. The molecule has 0 bridgehead atoms. The number of hydrogen-bond acceptors (Lipinski definition) is 4. The Morgan fingerprint density at radius 3 is 2.38 bits per heavy atom. The lowest BCUT2D eigenvalue weighted by atomic mass is 10.1. The zero-order chi connectivity index (χ0) is 21.4. The molecule has 2 aromatic carbocycles. The van der Waals surface area contributed by atoms with Crippen molar-refractivity contribution in [2.45, 2.75) is 32.4 Å². The van der Waals surface area contributed by atoms with Crippen molar-refractivity contribution in [3.8, 4) is 0 Å². The van der Waals surface area contributed by atoms with Crippen LogP contribution in [0, 0.1) is 11.6 Å². The van der Waals surface area contributed by atoms with E-state index in [4.69, 9.17) is 4.74 Å². The normalized spacial score (nSPS) is 12.6. The SMILES string of the molecule is CC(OC(=O)CCNC(=O)c1ccc(F)cc1F)C(=O)NC(C)c1ccccc1.